The number of hydrogen-bond donors (Lipinski definition) is 2. The lowest BCUT2D eigenvalue weighted by Crippen LogP contribution is -2.22. The van der Waals surface area contributed by atoms with Crippen molar-refractivity contribution in [1.82, 2.24) is 14.9 Å². The molecule has 1 amide bonds. The van der Waals surface area contributed by atoms with Crippen LogP contribution in [0.15, 0.2) is 42.6 Å². The van der Waals surface area contributed by atoms with Crippen LogP contribution in [0.4, 0.5) is 5.69 Å². The molecule has 0 saturated carbocycles. The summed E-state index contributed by atoms with van der Waals surface area (Å²) in [4.78, 5) is 22.4. The lowest BCUT2D eigenvalue weighted by molar-refractivity contribution is -0.105. The summed E-state index contributed by atoms with van der Waals surface area (Å²) >= 11 is 13.3. The standard InChI is InChI=1S/C24H24Cl2N4O3/c1-33-24-21(12-30-9-8-15(11-30)13-31)27-10-20(29-24)18-6-2-4-16(22(18)25)17-5-3-7-19(23(17)26)28-14-32/h2-7,10,14-15,31H,8-9,11-13H2,1H3,(H,28,32). The lowest BCUT2D eigenvalue weighted by atomic mass is 10.0. The largest absolute Gasteiger partial charge is 0.480 e. The molecule has 3 aromatic rings. The Labute approximate surface area is 202 Å². The predicted octanol–water partition coefficient (Wildman–Crippen LogP) is 4.51. The number of benzene rings is 2. The minimum Gasteiger partial charge on any atom is -0.480 e. The SMILES string of the molecule is COc1nc(-c2cccc(-c3cccc(NC=O)c3Cl)c2Cl)cnc1CN1CCC(CO)C1. The monoisotopic (exact) mass is 486 g/mol. The Hall–Kier alpha value is -2.71. The molecule has 0 bridgehead atoms. The number of rotatable bonds is 8. The normalized spacial score (nSPS) is 16.1. The van der Waals surface area contributed by atoms with Crippen molar-refractivity contribution in [1.29, 1.82) is 0 Å². The van der Waals surface area contributed by atoms with Crippen LogP contribution >= 0.6 is 23.2 Å². The van der Waals surface area contributed by atoms with Gasteiger partial charge < -0.3 is 15.2 Å². The maximum Gasteiger partial charge on any atom is 0.237 e. The fraction of sp³-hybridized carbons (Fsp3) is 0.292. The average Bonchev–Trinajstić information content (AvgIpc) is 3.29. The number of halogens is 2. The van der Waals surface area contributed by atoms with E-state index in [4.69, 9.17) is 27.9 Å². The maximum atomic E-state index is 10.9. The Bertz CT molecular complexity index is 1160. The number of amides is 1. The Morgan fingerprint density at radius 3 is 2.61 bits per heavy atom. The molecule has 1 atom stereocenters. The maximum absolute atomic E-state index is 10.9. The van der Waals surface area contributed by atoms with Crippen molar-refractivity contribution in [2.45, 2.75) is 13.0 Å². The minimum atomic E-state index is 0.200. The lowest BCUT2D eigenvalue weighted by Gasteiger charge is -2.17. The number of methoxy groups -OCH3 is 1. The van der Waals surface area contributed by atoms with Gasteiger partial charge in [-0.25, -0.2) is 4.98 Å². The zero-order chi connectivity index (χ0) is 23.4. The van der Waals surface area contributed by atoms with Gasteiger partial charge in [-0.1, -0.05) is 53.5 Å². The van der Waals surface area contributed by atoms with E-state index >= 15 is 0 Å². The molecule has 2 N–H and O–H groups in total. The van der Waals surface area contributed by atoms with Crippen molar-refractivity contribution >= 4 is 35.3 Å². The number of nitrogens with one attached hydrogen (secondary N) is 1. The molecule has 1 aliphatic rings. The smallest absolute Gasteiger partial charge is 0.237 e. The van der Waals surface area contributed by atoms with Gasteiger partial charge in [0.25, 0.3) is 0 Å². The number of hydrogen-bond acceptors (Lipinski definition) is 6. The molecule has 1 aliphatic heterocycles. The summed E-state index contributed by atoms with van der Waals surface area (Å²) in [5.74, 6) is 0.744. The molecule has 0 spiro atoms. The topological polar surface area (TPSA) is 87.6 Å². The number of nitrogens with zero attached hydrogens (tertiary/aromatic N) is 3. The Balaban J connectivity index is 1.66. The van der Waals surface area contributed by atoms with Gasteiger partial charge in [0.1, 0.15) is 5.69 Å². The highest BCUT2D eigenvalue weighted by atomic mass is 35.5. The van der Waals surface area contributed by atoms with Crippen molar-refractivity contribution in [2.75, 3.05) is 32.1 Å². The first-order valence-corrected chi connectivity index (χ1v) is 11.3. The van der Waals surface area contributed by atoms with E-state index in [1.165, 1.54) is 0 Å². The minimum absolute atomic E-state index is 0.200. The number of aliphatic hydroxyl groups excluding tert-OH is 1. The second kappa shape index (κ2) is 10.5. The molecule has 1 saturated heterocycles. The Morgan fingerprint density at radius 2 is 1.91 bits per heavy atom. The van der Waals surface area contributed by atoms with Crippen LogP contribution in [0.2, 0.25) is 10.0 Å². The van der Waals surface area contributed by atoms with Crippen LogP contribution in [-0.2, 0) is 11.3 Å². The fourth-order valence-corrected chi connectivity index (χ4v) is 4.68. The zero-order valence-electron chi connectivity index (χ0n) is 18.1. The second-order valence-electron chi connectivity index (χ2n) is 7.88. The fourth-order valence-electron chi connectivity index (χ4n) is 4.07. The third-order valence-corrected chi connectivity index (χ3v) is 6.60. The molecule has 2 heterocycles. The van der Waals surface area contributed by atoms with Crippen LogP contribution in [0.1, 0.15) is 12.1 Å². The van der Waals surface area contributed by atoms with Gasteiger partial charge in [0.05, 0.1) is 34.7 Å². The number of likely N-dealkylation sites (tertiary alicyclic amines) is 1. The summed E-state index contributed by atoms with van der Waals surface area (Å²) in [6, 6.07) is 11.0. The van der Waals surface area contributed by atoms with Gasteiger partial charge in [-0.2, -0.15) is 0 Å². The van der Waals surface area contributed by atoms with E-state index in [-0.39, 0.29) is 6.61 Å². The van der Waals surface area contributed by atoms with E-state index in [0.29, 0.717) is 62.9 Å². The van der Waals surface area contributed by atoms with Crippen LogP contribution in [-0.4, -0.2) is 53.2 Å². The van der Waals surface area contributed by atoms with E-state index in [1.807, 2.05) is 24.3 Å². The molecule has 172 valence electrons. The number of anilines is 1. The van der Waals surface area contributed by atoms with Gasteiger partial charge >= 0.3 is 0 Å². The van der Waals surface area contributed by atoms with Crippen LogP contribution in [0.3, 0.4) is 0 Å². The number of carbonyl (C=O) groups is 1. The third-order valence-electron chi connectivity index (χ3n) is 5.78. The van der Waals surface area contributed by atoms with Crippen LogP contribution in [0, 0.1) is 5.92 Å². The van der Waals surface area contributed by atoms with Gasteiger partial charge in [0, 0.05) is 36.4 Å². The first-order valence-electron chi connectivity index (χ1n) is 10.6. The van der Waals surface area contributed by atoms with Crippen molar-refractivity contribution in [3.63, 3.8) is 0 Å². The molecule has 1 aromatic heterocycles. The number of carbonyl (C=O) groups excluding carboxylic acids is 1. The highest BCUT2D eigenvalue weighted by Gasteiger charge is 2.24. The van der Waals surface area contributed by atoms with Gasteiger partial charge in [0.2, 0.25) is 12.3 Å². The summed E-state index contributed by atoms with van der Waals surface area (Å²) < 4.78 is 5.53. The average molecular weight is 487 g/mol. The highest BCUT2D eigenvalue weighted by molar-refractivity contribution is 6.39. The van der Waals surface area contributed by atoms with Crippen LogP contribution in [0.25, 0.3) is 22.4 Å². The number of ether oxygens (including phenoxy) is 1. The molecular weight excluding hydrogens is 463 g/mol. The van der Waals surface area contributed by atoms with E-state index in [9.17, 15) is 9.90 Å². The third kappa shape index (κ3) is 4.96. The molecule has 4 rings (SSSR count). The van der Waals surface area contributed by atoms with Crippen molar-refractivity contribution in [2.24, 2.45) is 5.92 Å². The van der Waals surface area contributed by atoms with Gasteiger partial charge in [-0.3, -0.25) is 14.7 Å². The Kier molecular flexibility index (Phi) is 7.45. The number of aliphatic hydroxyl groups is 1. The van der Waals surface area contributed by atoms with Crippen molar-refractivity contribution in [3.05, 3.63) is 58.3 Å². The Morgan fingerprint density at radius 1 is 1.18 bits per heavy atom. The van der Waals surface area contributed by atoms with Gasteiger partial charge in [0.15, 0.2) is 0 Å². The summed E-state index contributed by atoms with van der Waals surface area (Å²) in [7, 11) is 1.57. The van der Waals surface area contributed by atoms with E-state index in [2.05, 4.69) is 20.2 Å². The van der Waals surface area contributed by atoms with Crippen molar-refractivity contribution in [3.8, 4) is 28.3 Å². The van der Waals surface area contributed by atoms with Gasteiger partial charge in [-0.05, 0) is 24.9 Å². The molecule has 0 aliphatic carbocycles. The van der Waals surface area contributed by atoms with E-state index in [1.54, 1.807) is 25.4 Å². The summed E-state index contributed by atoms with van der Waals surface area (Å²) in [6.45, 7) is 2.54. The molecule has 9 heteroatoms. The molecule has 1 fully saturated rings. The molecule has 0 radical (unpaired) electrons. The summed E-state index contributed by atoms with van der Waals surface area (Å²) in [6.07, 6.45) is 3.24. The first kappa shape index (κ1) is 23.4. The molecular formula is C24H24Cl2N4O3. The molecule has 7 nitrogen and oxygen atoms in total. The summed E-state index contributed by atoms with van der Waals surface area (Å²) in [5.41, 5.74) is 3.92. The van der Waals surface area contributed by atoms with E-state index in [0.717, 1.165) is 25.2 Å². The molecule has 1 unspecified atom stereocenters. The quantitative estimate of drug-likeness (QED) is 0.455. The van der Waals surface area contributed by atoms with Crippen molar-refractivity contribution < 1.29 is 14.6 Å². The van der Waals surface area contributed by atoms with Crippen LogP contribution < -0.4 is 10.1 Å². The zero-order valence-corrected chi connectivity index (χ0v) is 19.6. The van der Waals surface area contributed by atoms with Gasteiger partial charge in [-0.15, -0.1) is 0 Å². The summed E-state index contributed by atoms with van der Waals surface area (Å²) in [5, 5.41) is 12.8. The highest BCUT2D eigenvalue weighted by Crippen LogP contribution is 2.41. The van der Waals surface area contributed by atoms with E-state index < -0.39 is 0 Å². The molecule has 2 aromatic carbocycles. The molecule has 33 heavy (non-hydrogen) atoms. The second-order valence-corrected chi connectivity index (χ2v) is 8.64. The van der Waals surface area contributed by atoms with Crippen LogP contribution in [0.5, 0.6) is 5.88 Å². The number of aromatic nitrogens is 2. The predicted molar refractivity (Wildman–Crippen MR) is 130 cm³/mol. The first-order chi connectivity index (χ1) is 16.0.